The minimum Gasteiger partial charge on any atom is -0.370 e. The molecule has 0 aliphatic carbocycles. The predicted molar refractivity (Wildman–Crippen MR) is 70.5 cm³/mol. The second kappa shape index (κ2) is 4.95. The number of nitrogens with zero attached hydrogens (tertiary/aromatic N) is 3. The molecule has 1 aliphatic rings. The normalized spacial score (nSPS) is 19.7. The molecule has 0 N–H and O–H groups in total. The Morgan fingerprint density at radius 1 is 1.47 bits per heavy atom. The highest BCUT2D eigenvalue weighted by Crippen LogP contribution is 2.26. The van der Waals surface area contributed by atoms with Crippen molar-refractivity contribution in [1.82, 2.24) is 4.90 Å². The fourth-order valence-corrected chi connectivity index (χ4v) is 2.41. The van der Waals surface area contributed by atoms with Crippen LogP contribution in [0.25, 0.3) is 0 Å². The lowest BCUT2D eigenvalue weighted by Gasteiger charge is -2.22. The Balaban J connectivity index is 2.15. The van der Waals surface area contributed by atoms with Gasteiger partial charge in [-0.2, -0.15) is 5.26 Å². The van der Waals surface area contributed by atoms with Crippen molar-refractivity contribution in [3.8, 4) is 6.07 Å². The fourth-order valence-electron chi connectivity index (χ4n) is 2.19. The molecule has 1 aromatic rings. The number of likely N-dealkylation sites (N-methyl/N-ethyl adjacent to an activating group) is 1. The van der Waals surface area contributed by atoms with E-state index in [-0.39, 0.29) is 0 Å². The van der Waals surface area contributed by atoms with Crippen molar-refractivity contribution in [2.75, 3.05) is 32.1 Å². The Labute approximate surface area is 107 Å². The molecule has 2 rings (SSSR count). The Kier molecular flexibility index (Phi) is 3.56. The van der Waals surface area contributed by atoms with E-state index >= 15 is 0 Å². The monoisotopic (exact) mass is 249 g/mol. The molecule has 4 heteroatoms. The van der Waals surface area contributed by atoms with Crippen LogP contribution in [0.3, 0.4) is 0 Å². The fraction of sp³-hybridized carbons (Fsp3) is 0.462. The molecule has 1 saturated heterocycles. The minimum absolute atomic E-state index is 0.540. The standard InChI is InChI=1S/C13H16ClN3/c1-16(2)12-5-6-17(9-12)11-4-3-10(8-15)13(14)7-11/h3-4,7,12H,5-6,9H2,1-2H3. The van der Waals surface area contributed by atoms with Crippen molar-refractivity contribution in [3.05, 3.63) is 28.8 Å². The molecule has 17 heavy (non-hydrogen) atoms. The van der Waals surface area contributed by atoms with E-state index in [9.17, 15) is 0 Å². The molecule has 1 atom stereocenters. The van der Waals surface area contributed by atoms with Gasteiger partial charge in [0, 0.05) is 24.8 Å². The van der Waals surface area contributed by atoms with Crippen LogP contribution in [0.1, 0.15) is 12.0 Å². The molecule has 1 fully saturated rings. The van der Waals surface area contributed by atoms with E-state index in [2.05, 4.69) is 30.0 Å². The first-order valence-corrected chi connectivity index (χ1v) is 6.10. The number of rotatable bonds is 2. The summed E-state index contributed by atoms with van der Waals surface area (Å²) in [5, 5.41) is 9.37. The summed E-state index contributed by atoms with van der Waals surface area (Å²) in [5.41, 5.74) is 1.65. The SMILES string of the molecule is CN(C)C1CCN(c2ccc(C#N)c(Cl)c2)C1. The van der Waals surface area contributed by atoms with Crippen LogP contribution in [-0.2, 0) is 0 Å². The number of hydrogen-bond acceptors (Lipinski definition) is 3. The van der Waals surface area contributed by atoms with E-state index in [1.54, 1.807) is 6.07 Å². The van der Waals surface area contributed by atoms with Crippen LogP contribution >= 0.6 is 11.6 Å². The summed E-state index contributed by atoms with van der Waals surface area (Å²) in [7, 11) is 4.22. The smallest absolute Gasteiger partial charge is 0.101 e. The van der Waals surface area contributed by atoms with Crippen LogP contribution in [0.15, 0.2) is 18.2 Å². The molecule has 3 nitrogen and oxygen atoms in total. The molecule has 1 aliphatic heterocycles. The Morgan fingerprint density at radius 2 is 2.24 bits per heavy atom. The van der Waals surface area contributed by atoms with E-state index in [0.29, 0.717) is 16.6 Å². The first-order chi connectivity index (χ1) is 8.11. The highest BCUT2D eigenvalue weighted by molar-refractivity contribution is 6.32. The van der Waals surface area contributed by atoms with Crippen molar-refractivity contribution in [1.29, 1.82) is 5.26 Å². The second-order valence-electron chi connectivity index (χ2n) is 4.63. The van der Waals surface area contributed by atoms with Crippen molar-refractivity contribution in [2.24, 2.45) is 0 Å². The Morgan fingerprint density at radius 3 is 2.76 bits per heavy atom. The highest BCUT2D eigenvalue weighted by atomic mass is 35.5. The summed E-state index contributed by atoms with van der Waals surface area (Å²) in [5.74, 6) is 0. The van der Waals surface area contributed by atoms with Gasteiger partial charge in [0.05, 0.1) is 10.6 Å². The molecule has 0 aromatic heterocycles. The molecule has 0 amide bonds. The van der Waals surface area contributed by atoms with Crippen LogP contribution in [0.5, 0.6) is 0 Å². The molecule has 0 bridgehead atoms. The third-order valence-corrected chi connectivity index (χ3v) is 3.64. The number of anilines is 1. The predicted octanol–water partition coefficient (Wildman–Crippen LogP) is 2.35. The largest absolute Gasteiger partial charge is 0.370 e. The van der Waals surface area contributed by atoms with Gasteiger partial charge in [-0.05, 0) is 38.7 Å². The first-order valence-electron chi connectivity index (χ1n) is 5.73. The van der Waals surface area contributed by atoms with Crippen molar-refractivity contribution >= 4 is 17.3 Å². The maximum atomic E-state index is 8.83. The maximum absolute atomic E-state index is 8.83. The van der Waals surface area contributed by atoms with Gasteiger partial charge >= 0.3 is 0 Å². The van der Waals surface area contributed by atoms with E-state index in [1.807, 2.05) is 12.1 Å². The molecular weight excluding hydrogens is 234 g/mol. The van der Waals surface area contributed by atoms with E-state index in [0.717, 1.165) is 18.8 Å². The zero-order valence-electron chi connectivity index (χ0n) is 10.2. The molecule has 1 aromatic carbocycles. The summed E-state index contributed by atoms with van der Waals surface area (Å²) < 4.78 is 0. The number of halogens is 1. The van der Waals surface area contributed by atoms with Crippen LogP contribution in [-0.4, -0.2) is 38.1 Å². The lowest BCUT2D eigenvalue weighted by molar-refractivity contribution is 0.315. The van der Waals surface area contributed by atoms with Crippen molar-refractivity contribution in [3.63, 3.8) is 0 Å². The lowest BCUT2D eigenvalue weighted by Crippen LogP contribution is -2.31. The van der Waals surface area contributed by atoms with Gasteiger partial charge in [-0.3, -0.25) is 0 Å². The summed E-state index contributed by atoms with van der Waals surface area (Å²) in [4.78, 5) is 4.57. The topological polar surface area (TPSA) is 30.3 Å². The molecule has 1 heterocycles. The van der Waals surface area contributed by atoms with Gasteiger partial charge in [0.15, 0.2) is 0 Å². The molecular formula is C13H16ClN3. The van der Waals surface area contributed by atoms with E-state index < -0.39 is 0 Å². The first kappa shape index (κ1) is 12.2. The number of nitriles is 1. The van der Waals surface area contributed by atoms with Crippen molar-refractivity contribution in [2.45, 2.75) is 12.5 Å². The summed E-state index contributed by atoms with van der Waals surface area (Å²) in [6, 6.07) is 8.34. The summed E-state index contributed by atoms with van der Waals surface area (Å²) in [6.45, 7) is 2.07. The number of hydrogen-bond donors (Lipinski definition) is 0. The van der Waals surface area contributed by atoms with Crippen molar-refractivity contribution < 1.29 is 0 Å². The summed E-state index contributed by atoms with van der Waals surface area (Å²) >= 11 is 6.05. The van der Waals surface area contributed by atoms with E-state index in [4.69, 9.17) is 16.9 Å². The third-order valence-electron chi connectivity index (χ3n) is 3.33. The summed E-state index contributed by atoms with van der Waals surface area (Å²) in [6.07, 6.45) is 1.17. The van der Waals surface area contributed by atoms with Gasteiger partial charge in [0.1, 0.15) is 6.07 Å². The second-order valence-corrected chi connectivity index (χ2v) is 5.04. The van der Waals surface area contributed by atoms with Crippen LogP contribution in [0.4, 0.5) is 5.69 Å². The molecule has 0 radical (unpaired) electrons. The van der Waals surface area contributed by atoms with Crippen LogP contribution in [0, 0.1) is 11.3 Å². The van der Waals surface area contributed by atoms with Gasteiger partial charge in [0.25, 0.3) is 0 Å². The zero-order chi connectivity index (χ0) is 12.4. The maximum Gasteiger partial charge on any atom is 0.101 e. The quantitative estimate of drug-likeness (QED) is 0.806. The highest BCUT2D eigenvalue weighted by Gasteiger charge is 2.24. The van der Waals surface area contributed by atoms with Gasteiger partial charge < -0.3 is 9.80 Å². The molecule has 0 saturated carbocycles. The molecule has 90 valence electrons. The molecule has 0 spiro atoms. The third kappa shape index (κ3) is 2.54. The Hall–Kier alpha value is -1.24. The van der Waals surface area contributed by atoms with Gasteiger partial charge in [-0.15, -0.1) is 0 Å². The Bertz CT molecular complexity index is 450. The van der Waals surface area contributed by atoms with Gasteiger partial charge in [-0.1, -0.05) is 11.6 Å². The lowest BCUT2D eigenvalue weighted by atomic mass is 10.2. The minimum atomic E-state index is 0.540. The van der Waals surface area contributed by atoms with E-state index in [1.165, 1.54) is 6.42 Å². The average molecular weight is 250 g/mol. The molecule has 1 unspecified atom stereocenters. The van der Waals surface area contributed by atoms with Crippen LogP contribution < -0.4 is 4.90 Å². The van der Waals surface area contributed by atoms with Crippen LogP contribution in [0.2, 0.25) is 5.02 Å². The van der Waals surface area contributed by atoms with Gasteiger partial charge in [-0.25, -0.2) is 0 Å². The zero-order valence-corrected chi connectivity index (χ0v) is 10.9. The van der Waals surface area contributed by atoms with Gasteiger partial charge in [0.2, 0.25) is 0 Å². The average Bonchev–Trinajstić information content (AvgIpc) is 2.78. The number of benzene rings is 1.